The third kappa shape index (κ3) is 7.46. The summed E-state index contributed by atoms with van der Waals surface area (Å²) in [6, 6.07) is 15.2. The predicted octanol–water partition coefficient (Wildman–Crippen LogP) is 4.42. The lowest BCUT2D eigenvalue weighted by atomic mass is 10.1. The van der Waals surface area contributed by atoms with Gasteiger partial charge in [0.05, 0.1) is 31.9 Å². The van der Waals surface area contributed by atoms with Gasteiger partial charge in [-0.05, 0) is 56.7 Å². The summed E-state index contributed by atoms with van der Waals surface area (Å²) in [5, 5.41) is 2.97. The highest BCUT2D eigenvalue weighted by molar-refractivity contribution is 7.92. The molecule has 0 heterocycles. The Kier molecular flexibility index (Phi) is 11.1. The van der Waals surface area contributed by atoms with Crippen molar-refractivity contribution in [3.05, 3.63) is 76.8 Å². The number of carbonyl (C=O) groups excluding carboxylic acids is 2. The average molecular weight is 618 g/mol. The minimum absolute atomic E-state index is 0.0501. The Hall–Kier alpha value is -3.96. The van der Waals surface area contributed by atoms with Crippen LogP contribution in [0.4, 0.5) is 5.69 Å². The lowest BCUT2D eigenvalue weighted by Gasteiger charge is -2.32. The van der Waals surface area contributed by atoms with Crippen molar-refractivity contribution >= 4 is 39.1 Å². The van der Waals surface area contributed by atoms with Gasteiger partial charge >= 0.3 is 0 Å². The van der Waals surface area contributed by atoms with E-state index in [4.69, 9.17) is 25.8 Å². The van der Waals surface area contributed by atoms with Crippen LogP contribution in [0.5, 0.6) is 17.2 Å². The summed E-state index contributed by atoms with van der Waals surface area (Å²) in [5.74, 6) is -0.278. The lowest BCUT2D eigenvalue weighted by Crippen LogP contribution is -2.51. The minimum Gasteiger partial charge on any atom is -0.495 e. The van der Waals surface area contributed by atoms with Crippen LogP contribution in [0.2, 0.25) is 5.02 Å². The molecule has 0 saturated carbocycles. The monoisotopic (exact) mass is 617 g/mol. The van der Waals surface area contributed by atoms with E-state index >= 15 is 0 Å². The van der Waals surface area contributed by atoms with Crippen molar-refractivity contribution in [3.8, 4) is 17.2 Å². The first-order chi connectivity index (χ1) is 20.0. The molecule has 42 heavy (non-hydrogen) atoms. The van der Waals surface area contributed by atoms with Crippen molar-refractivity contribution in [1.29, 1.82) is 0 Å². The highest BCUT2D eigenvalue weighted by Gasteiger charge is 2.34. The topological polar surface area (TPSA) is 114 Å². The highest BCUT2D eigenvalue weighted by atomic mass is 35.5. The molecule has 3 aromatic rings. The summed E-state index contributed by atoms with van der Waals surface area (Å²) in [5.41, 5.74) is 1.86. The quantitative estimate of drug-likeness (QED) is 0.302. The number of benzene rings is 3. The van der Waals surface area contributed by atoms with Gasteiger partial charge in [-0.3, -0.25) is 13.9 Å². The van der Waals surface area contributed by atoms with E-state index in [1.165, 1.54) is 56.6 Å². The van der Waals surface area contributed by atoms with Gasteiger partial charge in [0.25, 0.3) is 10.0 Å². The molecule has 12 heteroatoms. The standard InChI is InChI=1S/C30H36ClN3O7S/c1-7-32-30(36)21(3)33(18-22-10-8-20(2)9-11-22)29(35)19-34(25-16-23(31)12-14-26(25)39-4)42(37,38)24-13-15-27(40-5)28(17-24)41-6/h8-17,21H,7,18-19H2,1-6H3,(H,32,36)/t21-/m1/s1. The molecule has 2 amide bonds. The summed E-state index contributed by atoms with van der Waals surface area (Å²) in [7, 11) is -0.201. The summed E-state index contributed by atoms with van der Waals surface area (Å²) >= 11 is 6.29. The molecule has 0 aliphatic rings. The van der Waals surface area contributed by atoms with Crippen LogP contribution in [0.3, 0.4) is 0 Å². The van der Waals surface area contributed by atoms with E-state index in [0.29, 0.717) is 12.3 Å². The van der Waals surface area contributed by atoms with Gasteiger partial charge in [-0.25, -0.2) is 8.42 Å². The zero-order chi connectivity index (χ0) is 31.0. The molecule has 0 aliphatic heterocycles. The van der Waals surface area contributed by atoms with Crippen LogP contribution < -0.4 is 23.8 Å². The summed E-state index contributed by atoms with van der Waals surface area (Å²) in [4.78, 5) is 28.1. The molecule has 0 bridgehead atoms. The van der Waals surface area contributed by atoms with Gasteiger partial charge in [0.15, 0.2) is 11.5 Å². The largest absolute Gasteiger partial charge is 0.495 e. The first-order valence-corrected chi connectivity index (χ1v) is 15.0. The van der Waals surface area contributed by atoms with E-state index in [9.17, 15) is 18.0 Å². The van der Waals surface area contributed by atoms with Crippen molar-refractivity contribution in [2.24, 2.45) is 0 Å². The van der Waals surface area contributed by atoms with Crippen LogP contribution in [0, 0.1) is 6.92 Å². The number of carbonyl (C=O) groups is 2. The molecule has 0 aromatic heterocycles. The molecule has 0 spiro atoms. The number of ether oxygens (including phenoxy) is 3. The molecule has 1 N–H and O–H groups in total. The Morgan fingerprint density at radius 3 is 2.12 bits per heavy atom. The minimum atomic E-state index is -4.41. The third-order valence-corrected chi connectivity index (χ3v) is 8.61. The predicted molar refractivity (Wildman–Crippen MR) is 162 cm³/mol. The van der Waals surface area contributed by atoms with Crippen molar-refractivity contribution in [2.45, 2.75) is 38.3 Å². The molecule has 0 saturated heterocycles. The van der Waals surface area contributed by atoms with Crippen LogP contribution in [0.15, 0.2) is 65.6 Å². The number of sulfonamides is 1. The fourth-order valence-corrected chi connectivity index (χ4v) is 5.87. The van der Waals surface area contributed by atoms with Crippen LogP contribution >= 0.6 is 11.6 Å². The zero-order valence-corrected chi connectivity index (χ0v) is 26.1. The van der Waals surface area contributed by atoms with Gasteiger partial charge in [-0.2, -0.15) is 0 Å². The van der Waals surface area contributed by atoms with E-state index in [1.807, 2.05) is 31.2 Å². The second-order valence-corrected chi connectivity index (χ2v) is 11.7. The van der Waals surface area contributed by atoms with Gasteiger partial charge in [0, 0.05) is 24.2 Å². The smallest absolute Gasteiger partial charge is 0.265 e. The molecule has 1 atom stereocenters. The van der Waals surface area contributed by atoms with E-state index in [0.717, 1.165) is 15.4 Å². The maximum Gasteiger partial charge on any atom is 0.265 e. The van der Waals surface area contributed by atoms with Crippen LogP contribution in [0.25, 0.3) is 0 Å². The molecule has 0 unspecified atom stereocenters. The van der Waals surface area contributed by atoms with Crippen molar-refractivity contribution in [3.63, 3.8) is 0 Å². The van der Waals surface area contributed by atoms with Gasteiger partial charge < -0.3 is 24.4 Å². The van der Waals surface area contributed by atoms with Crippen LogP contribution in [-0.2, 0) is 26.2 Å². The van der Waals surface area contributed by atoms with Gasteiger partial charge in [-0.15, -0.1) is 0 Å². The van der Waals surface area contributed by atoms with Gasteiger partial charge in [-0.1, -0.05) is 41.4 Å². The Bertz CT molecular complexity index is 1510. The Labute approximate surface area is 252 Å². The fraction of sp³-hybridized carbons (Fsp3) is 0.333. The van der Waals surface area contributed by atoms with Gasteiger partial charge in [0.2, 0.25) is 11.8 Å². The molecule has 226 valence electrons. The number of rotatable bonds is 13. The molecule has 3 rings (SSSR count). The number of anilines is 1. The molecular weight excluding hydrogens is 582 g/mol. The molecule has 0 fully saturated rings. The van der Waals surface area contributed by atoms with Crippen molar-refractivity contribution < 1.29 is 32.2 Å². The number of hydrogen-bond acceptors (Lipinski definition) is 7. The summed E-state index contributed by atoms with van der Waals surface area (Å²) < 4.78 is 45.4. The number of aryl methyl sites for hydroxylation is 1. The number of amides is 2. The number of halogens is 1. The Morgan fingerprint density at radius 2 is 1.52 bits per heavy atom. The number of nitrogens with zero attached hydrogens (tertiary/aromatic N) is 2. The zero-order valence-electron chi connectivity index (χ0n) is 24.5. The van der Waals surface area contributed by atoms with Crippen molar-refractivity contribution in [1.82, 2.24) is 10.2 Å². The number of methoxy groups -OCH3 is 3. The molecule has 3 aromatic carbocycles. The van der Waals surface area contributed by atoms with E-state index in [1.54, 1.807) is 19.9 Å². The Morgan fingerprint density at radius 1 is 0.905 bits per heavy atom. The second-order valence-electron chi connectivity index (χ2n) is 9.42. The fourth-order valence-electron chi connectivity index (χ4n) is 4.27. The second kappa shape index (κ2) is 14.3. The number of nitrogens with one attached hydrogen (secondary N) is 1. The highest BCUT2D eigenvalue weighted by Crippen LogP contribution is 2.37. The van der Waals surface area contributed by atoms with E-state index < -0.39 is 28.5 Å². The summed E-state index contributed by atoms with van der Waals surface area (Å²) in [6.07, 6.45) is 0. The van der Waals surface area contributed by atoms with Gasteiger partial charge in [0.1, 0.15) is 18.3 Å². The first-order valence-electron chi connectivity index (χ1n) is 13.2. The lowest BCUT2D eigenvalue weighted by molar-refractivity contribution is -0.139. The first kappa shape index (κ1) is 32.6. The summed E-state index contributed by atoms with van der Waals surface area (Å²) in [6.45, 7) is 5.12. The molecule has 10 nitrogen and oxygen atoms in total. The molecular formula is C30H36ClN3O7S. The normalized spacial score (nSPS) is 11.8. The van der Waals surface area contributed by atoms with E-state index in [2.05, 4.69) is 5.32 Å². The Balaban J connectivity index is 2.14. The van der Waals surface area contributed by atoms with Crippen LogP contribution in [0.1, 0.15) is 25.0 Å². The van der Waals surface area contributed by atoms with Crippen LogP contribution in [-0.4, -0.2) is 65.6 Å². The maximum absolute atomic E-state index is 14.2. The van der Waals surface area contributed by atoms with Crippen molar-refractivity contribution in [2.75, 3.05) is 38.7 Å². The molecule has 0 aliphatic carbocycles. The molecule has 0 radical (unpaired) electrons. The SMILES string of the molecule is CCNC(=O)[C@@H](C)N(Cc1ccc(C)cc1)C(=O)CN(c1cc(Cl)ccc1OC)S(=O)(=O)c1ccc(OC)c(OC)c1. The number of likely N-dealkylation sites (N-methyl/N-ethyl adjacent to an activating group) is 1. The third-order valence-electron chi connectivity index (χ3n) is 6.62. The van der Waals surface area contributed by atoms with E-state index in [-0.39, 0.29) is 39.6 Å². The number of hydrogen-bond donors (Lipinski definition) is 1. The average Bonchev–Trinajstić information content (AvgIpc) is 2.98. The maximum atomic E-state index is 14.2.